The quantitative estimate of drug-likeness (QED) is 0.810. The molecule has 0 saturated heterocycles. The molecule has 0 fully saturated rings. The maximum Gasteiger partial charge on any atom is 0.164 e. The Bertz CT molecular complexity index is 607. The first-order valence-corrected chi connectivity index (χ1v) is 6.35. The Labute approximate surface area is 106 Å². The Morgan fingerprint density at radius 2 is 2.22 bits per heavy atom. The highest BCUT2D eigenvalue weighted by Crippen LogP contribution is 2.23. The van der Waals surface area contributed by atoms with Crippen LogP contribution in [0, 0.1) is 6.92 Å². The highest BCUT2D eigenvalue weighted by atomic mass is 16.1. The number of aryl methyl sites for hydroxylation is 2. The van der Waals surface area contributed by atoms with Gasteiger partial charge in [-0.3, -0.25) is 9.48 Å². The summed E-state index contributed by atoms with van der Waals surface area (Å²) in [7, 11) is 1.94. The zero-order chi connectivity index (χ0) is 12.7. The maximum atomic E-state index is 11.8. The minimum atomic E-state index is 0.290. The molecule has 2 aromatic heterocycles. The van der Waals surface area contributed by atoms with Crippen LogP contribution in [0.15, 0.2) is 18.5 Å². The molecule has 1 aliphatic rings. The Balaban J connectivity index is 1.94. The van der Waals surface area contributed by atoms with E-state index in [0.717, 1.165) is 30.6 Å². The smallest absolute Gasteiger partial charge is 0.164 e. The lowest BCUT2D eigenvalue weighted by Gasteiger charge is -2.14. The molecule has 18 heavy (non-hydrogen) atoms. The highest BCUT2D eigenvalue weighted by molar-refractivity contribution is 5.98. The fourth-order valence-corrected chi connectivity index (χ4v) is 2.72. The van der Waals surface area contributed by atoms with Gasteiger partial charge < -0.3 is 4.57 Å². The Morgan fingerprint density at radius 3 is 2.94 bits per heavy atom. The molecule has 0 spiro atoms. The van der Waals surface area contributed by atoms with Crippen LogP contribution in [0.3, 0.4) is 0 Å². The average molecular weight is 243 g/mol. The number of Topliss-reactive ketones (excluding diaryl/α,β-unsaturated/α-hetero) is 1. The second kappa shape index (κ2) is 4.12. The normalized spacial score (nSPS) is 14.9. The Kier molecular flexibility index (Phi) is 2.58. The van der Waals surface area contributed by atoms with Gasteiger partial charge in [0.2, 0.25) is 0 Å². The van der Waals surface area contributed by atoms with Gasteiger partial charge in [0.25, 0.3) is 0 Å². The molecule has 0 unspecified atom stereocenters. The number of aromatic nitrogens is 3. The number of carbonyl (C=O) groups excluding carboxylic acids is 1. The van der Waals surface area contributed by atoms with E-state index in [0.29, 0.717) is 6.42 Å². The molecule has 0 bridgehead atoms. The predicted molar refractivity (Wildman–Crippen MR) is 68.7 cm³/mol. The summed E-state index contributed by atoms with van der Waals surface area (Å²) in [5.74, 6) is 0.290. The van der Waals surface area contributed by atoms with Crippen molar-refractivity contribution in [3.63, 3.8) is 0 Å². The van der Waals surface area contributed by atoms with Crippen molar-refractivity contribution in [2.75, 3.05) is 0 Å². The van der Waals surface area contributed by atoms with E-state index in [1.807, 2.05) is 37.1 Å². The van der Waals surface area contributed by atoms with Crippen LogP contribution in [0.1, 0.15) is 40.2 Å². The third kappa shape index (κ3) is 1.78. The minimum Gasteiger partial charge on any atom is -0.346 e. The summed E-state index contributed by atoms with van der Waals surface area (Å²) in [6.45, 7) is 2.83. The first-order chi connectivity index (χ1) is 8.65. The predicted octanol–water partition coefficient (Wildman–Crippen LogP) is 2.10. The summed E-state index contributed by atoms with van der Waals surface area (Å²) in [4.78, 5) is 11.8. The van der Waals surface area contributed by atoms with E-state index < -0.39 is 0 Å². The van der Waals surface area contributed by atoms with Gasteiger partial charge in [-0.05, 0) is 25.8 Å². The fraction of sp³-hybridized carbons (Fsp3) is 0.429. The van der Waals surface area contributed by atoms with Gasteiger partial charge >= 0.3 is 0 Å². The van der Waals surface area contributed by atoms with Crippen molar-refractivity contribution >= 4 is 5.78 Å². The molecule has 0 aromatic carbocycles. The first kappa shape index (κ1) is 11.3. The number of hydrogen-bond donors (Lipinski definition) is 0. The van der Waals surface area contributed by atoms with Gasteiger partial charge in [-0.1, -0.05) is 0 Å². The van der Waals surface area contributed by atoms with Crippen molar-refractivity contribution in [2.45, 2.75) is 32.7 Å². The van der Waals surface area contributed by atoms with Gasteiger partial charge in [-0.2, -0.15) is 5.10 Å². The highest BCUT2D eigenvalue weighted by Gasteiger charge is 2.20. The van der Waals surface area contributed by atoms with Crippen molar-refractivity contribution < 1.29 is 4.79 Å². The summed E-state index contributed by atoms with van der Waals surface area (Å²) in [5, 5.41) is 4.36. The number of carbonyl (C=O) groups is 1. The van der Waals surface area contributed by atoms with E-state index in [-0.39, 0.29) is 5.78 Å². The molecule has 4 nitrogen and oxygen atoms in total. The zero-order valence-corrected chi connectivity index (χ0v) is 10.8. The molecular formula is C14H17N3O. The minimum absolute atomic E-state index is 0.290. The van der Waals surface area contributed by atoms with Gasteiger partial charge in [0, 0.05) is 42.7 Å². The van der Waals surface area contributed by atoms with Crippen molar-refractivity contribution in [2.24, 2.45) is 7.05 Å². The van der Waals surface area contributed by atoms with Crippen molar-refractivity contribution in [3.05, 3.63) is 41.0 Å². The number of fused-ring (bicyclic) bond motifs is 1. The number of rotatable bonds is 2. The molecule has 0 radical (unpaired) electrons. The van der Waals surface area contributed by atoms with Crippen LogP contribution in [0.5, 0.6) is 0 Å². The topological polar surface area (TPSA) is 39.8 Å². The molecule has 0 atom stereocenters. The largest absolute Gasteiger partial charge is 0.346 e. The molecule has 2 heterocycles. The second-order valence-electron chi connectivity index (χ2n) is 4.99. The molecule has 1 aliphatic carbocycles. The summed E-state index contributed by atoms with van der Waals surface area (Å²) < 4.78 is 4.03. The van der Waals surface area contributed by atoms with Crippen LogP contribution in [-0.4, -0.2) is 20.1 Å². The van der Waals surface area contributed by atoms with Gasteiger partial charge in [0.1, 0.15) is 0 Å². The fourth-order valence-electron chi connectivity index (χ4n) is 2.72. The molecule has 2 aromatic rings. The number of nitrogens with zero attached hydrogens (tertiary/aromatic N) is 3. The summed E-state index contributed by atoms with van der Waals surface area (Å²) in [6.07, 6.45) is 6.75. The van der Waals surface area contributed by atoms with Crippen LogP contribution in [0.25, 0.3) is 0 Å². The summed E-state index contributed by atoms with van der Waals surface area (Å²) in [6, 6.07) is 1.96. The van der Waals surface area contributed by atoms with E-state index in [4.69, 9.17) is 0 Å². The monoisotopic (exact) mass is 243 g/mol. The Morgan fingerprint density at radius 1 is 1.39 bits per heavy atom. The van der Waals surface area contributed by atoms with Gasteiger partial charge in [-0.25, -0.2) is 0 Å². The third-order valence-electron chi connectivity index (χ3n) is 3.65. The van der Waals surface area contributed by atoms with Crippen LogP contribution in [0.4, 0.5) is 0 Å². The molecule has 3 rings (SSSR count). The van der Waals surface area contributed by atoms with E-state index in [1.54, 1.807) is 0 Å². The number of ketones is 1. The molecule has 94 valence electrons. The Hall–Kier alpha value is -1.84. The van der Waals surface area contributed by atoms with Gasteiger partial charge in [0.15, 0.2) is 5.78 Å². The first-order valence-electron chi connectivity index (χ1n) is 6.35. The van der Waals surface area contributed by atoms with Gasteiger partial charge in [0.05, 0.1) is 12.2 Å². The van der Waals surface area contributed by atoms with Crippen LogP contribution < -0.4 is 0 Å². The van der Waals surface area contributed by atoms with Crippen LogP contribution in [-0.2, 0) is 20.0 Å². The zero-order valence-electron chi connectivity index (χ0n) is 10.8. The second-order valence-corrected chi connectivity index (χ2v) is 4.99. The third-order valence-corrected chi connectivity index (χ3v) is 3.65. The van der Waals surface area contributed by atoms with Crippen LogP contribution >= 0.6 is 0 Å². The number of hydrogen-bond acceptors (Lipinski definition) is 2. The van der Waals surface area contributed by atoms with E-state index in [2.05, 4.69) is 9.67 Å². The SMILES string of the molecule is Cc1nn(C)cc1Cn1ccc2c1CCCC2=O. The molecule has 0 amide bonds. The van der Waals surface area contributed by atoms with Crippen molar-refractivity contribution in [3.8, 4) is 0 Å². The van der Waals surface area contributed by atoms with Crippen LogP contribution in [0.2, 0.25) is 0 Å². The van der Waals surface area contributed by atoms with E-state index >= 15 is 0 Å². The van der Waals surface area contributed by atoms with E-state index in [9.17, 15) is 4.79 Å². The van der Waals surface area contributed by atoms with E-state index in [1.165, 1.54) is 11.3 Å². The molecule has 0 N–H and O–H groups in total. The lowest BCUT2D eigenvalue weighted by atomic mass is 9.97. The summed E-state index contributed by atoms with van der Waals surface area (Å²) >= 11 is 0. The average Bonchev–Trinajstić information content (AvgIpc) is 2.86. The lowest BCUT2D eigenvalue weighted by molar-refractivity contribution is 0.0972. The lowest BCUT2D eigenvalue weighted by Crippen LogP contribution is -2.13. The van der Waals surface area contributed by atoms with Gasteiger partial charge in [-0.15, -0.1) is 0 Å². The molecule has 4 heteroatoms. The standard InChI is InChI=1S/C14H17N3O/c1-10-11(8-16(2)15-10)9-17-7-6-12-13(17)4-3-5-14(12)18/h6-8H,3-5,9H2,1-2H3. The summed E-state index contributed by atoms with van der Waals surface area (Å²) in [5.41, 5.74) is 4.38. The van der Waals surface area contributed by atoms with Crippen molar-refractivity contribution in [1.82, 2.24) is 14.3 Å². The van der Waals surface area contributed by atoms with Crippen molar-refractivity contribution in [1.29, 1.82) is 0 Å². The molecule has 0 saturated carbocycles. The molecule has 0 aliphatic heterocycles. The molecular weight excluding hydrogens is 226 g/mol. The maximum absolute atomic E-state index is 11.8.